The quantitative estimate of drug-likeness (QED) is 0.273. The van der Waals surface area contributed by atoms with Crippen LogP contribution in [0, 0.1) is 0 Å². The summed E-state index contributed by atoms with van der Waals surface area (Å²) in [4.78, 5) is -0.455. The maximum Gasteiger partial charge on any atom is 0.148 e. The molecule has 0 spiro atoms. The molecule has 0 atom stereocenters. The van der Waals surface area contributed by atoms with Crippen molar-refractivity contribution in [1.29, 1.82) is 0 Å². The standard InChI is InChI=1S/C5H17N4/c1-4-5(2,3)9(6,7)8/h4,6-8H2,1-3H3/q+1. The Kier molecular flexibility index (Phi) is 2.19. The van der Waals surface area contributed by atoms with Gasteiger partial charge in [-0.2, -0.15) is 0 Å². The Morgan fingerprint density at radius 1 is 1.22 bits per heavy atom. The Balaban J connectivity index is 4.14. The summed E-state index contributed by atoms with van der Waals surface area (Å²) in [5.41, 5.74) is -0.250. The van der Waals surface area contributed by atoms with Crippen molar-refractivity contribution in [3.8, 4) is 0 Å². The Labute approximate surface area is 56.1 Å². The summed E-state index contributed by atoms with van der Waals surface area (Å²) in [5.74, 6) is 16.3. The van der Waals surface area contributed by atoms with Crippen LogP contribution in [0.1, 0.15) is 27.2 Å². The number of nitrogens with two attached hydrogens (primary N) is 3. The van der Waals surface area contributed by atoms with Crippen LogP contribution in [-0.2, 0) is 0 Å². The second kappa shape index (κ2) is 2.22. The van der Waals surface area contributed by atoms with Crippen molar-refractivity contribution in [2.45, 2.75) is 32.7 Å². The van der Waals surface area contributed by atoms with E-state index in [1.807, 2.05) is 20.8 Å². The maximum atomic E-state index is 5.42. The summed E-state index contributed by atoms with van der Waals surface area (Å²) in [5, 5.41) is 0. The molecule has 0 aliphatic heterocycles. The van der Waals surface area contributed by atoms with Gasteiger partial charge < -0.3 is 0 Å². The minimum absolute atomic E-state index is 0.250. The summed E-state index contributed by atoms with van der Waals surface area (Å²) in [7, 11) is 0. The molecule has 4 nitrogen and oxygen atoms in total. The lowest BCUT2D eigenvalue weighted by atomic mass is 10.0. The highest BCUT2D eigenvalue weighted by molar-refractivity contribution is 4.62. The second-order valence-corrected chi connectivity index (χ2v) is 3.00. The molecule has 0 aromatic rings. The molecular formula is C5H17N4+. The molecule has 9 heavy (non-hydrogen) atoms. The normalized spacial score (nSPS) is 14.0. The number of nitrogens with zero attached hydrogens (tertiary/aromatic N) is 1. The van der Waals surface area contributed by atoms with Gasteiger partial charge in [-0.15, -0.1) is 22.3 Å². The summed E-state index contributed by atoms with van der Waals surface area (Å²) in [6, 6.07) is 0. The van der Waals surface area contributed by atoms with Gasteiger partial charge in [-0.3, -0.25) is 0 Å². The van der Waals surface area contributed by atoms with Crippen molar-refractivity contribution in [1.82, 2.24) is 0 Å². The summed E-state index contributed by atoms with van der Waals surface area (Å²) in [6.07, 6.45) is 0.858. The van der Waals surface area contributed by atoms with E-state index in [0.29, 0.717) is 0 Å². The smallest absolute Gasteiger partial charge is 0.141 e. The van der Waals surface area contributed by atoms with Crippen LogP contribution in [0.3, 0.4) is 0 Å². The molecule has 0 unspecified atom stereocenters. The third-order valence-corrected chi connectivity index (χ3v) is 1.91. The molecule has 0 amide bonds. The van der Waals surface area contributed by atoms with E-state index in [1.165, 1.54) is 0 Å². The van der Waals surface area contributed by atoms with Crippen LogP contribution >= 0.6 is 0 Å². The number of hydrogen-bond donors (Lipinski definition) is 3. The molecule has 0 saturated heterocycles. The van der Waals surface area contributed by atoms with E-state index in [9.17, 15) is 0 Å². The fourth-order valence-electron chi connectivity index (χ4n) is 0.274. The molecule has 0 aromatic carbocycles. The minimum atomic E-state index is -0.455. The SMILES string of the molecule is CCC(C)(C)[N+](N)(N)N. The van der Waals surface area contributed by atoms with Gasteiger partial charge in [0.25, 0.3) is 0 Å². The van der Waals surface area contributed by atoms with Crippen LogP contribution in [0.15, 0.2) is 0 Å². The number of hydrogen-bond acceptors (Lipinski definition) is 3. The lowest BCUT2D eigenvalue weighted by Gasteiger charge is -2.35. The first-order valence-electron chi connectivity index (χ1n) is 3.06. The third-order valence-electron chi connectivity index (χ3n) is 1.91. The van der Waals surface area contributed by atoms with Gasteiger partial charge in [-0.1, -0.05) is 6.92 Å². The maximum absolute atomic E-state index is 5.42. The van der Waals surface area contributed by atoms with Gasteiger partial charge in [0, 0.05) is 6.42 Å². The highest BCUT2D eigenvalue weighted by atomic mass is 15.9. The van der Waals surface area contributed by atoms with Crippen LogP contribution in [0.4, 0.5) is 0 Å². The van der Waals surface area contributed by atoms with Crippen molar-refractivity contribution in [3.05, 3.63) is 0 Å². The minimum Gasteiger partial charge on any atom is -0.141 e. The average Bonchev–Trinajstić information content (AvgIpc) is 1.64. The monoisotopic (exact) mass is 133 g/mol. The molecule has 0 aromatic heterocycles. The molecule has 56 valence electrons. The van der Waals surface area contributed by atoms with Crippen molar-refractivity contribution >= 4 is 0 Å². The Hall–Kier alpha value is -0.160. The van der Waals surface area contributed by atoms with E-state index in [4.69, 9.17) is 17.5 Å². The van der Waals surface area contributed by atoms with Crippen molar-refractivity contribution in [2.75, 3.05) is 0 Å². The fraction of sp³-hybridized carbons (Fsp3) is 1.00. The molecule has 0 saturated carbocycles. The Morgan fingerprint density at radius 3 is 1.56 bits per heavy atom. The zero-order valence-electron chi connectivity index (χ0n) is 6.39. The average molecular weight is 133 g/mol. The van der Waals surface area contributed by atoms with Crippen LogP contribution < -0.4 is 17.5 Å². The molecule has 0 bridgehead atoms. The van der Waals surface area contributed by atoms with Gasteiger partial charge in [-0.25, -0.2) is 0 Å². The predicted molar refractivity (Wildman–Crippen MR) is 37.2 cm³/mol. The van der Waals surface area contributed by atoms with E-state index in [2.05, 4.69) is 0 Å². The first kappa shape index (κ1) is 8.84. The van der Waals surface area contributed by atoms with E-state index in [-0.39, 0.29) is 5.54 Å². The lowest BCUT2D eigenvalue weighted by molar-refractivity contribution is -1.01. The summed E-state index contributed by atoms with van der Waals surface area (Å²) < 4.78 is 0. The van der Waals surface area contributed by atoms with Crippen LogP contribution in [0.25, 0.3) is 0 Å². The van der Waals surface area contributed by atoms with Crippen LogP contribution in [0.2, 0.25) is 0 Å². The topological polar surface area (TPSA) is 78.1 Å². The molecule has 0 aliphatic rings. The highest BCUT2D eigenvalue weighted by Gasteiger charge is 2.34. The Morgan fingerprint density at radius 2 is 1.56 bits per heavy atom. The van der Waals surface area contributed by atoms with Crippen LogP contribution in [0.5, 0.6) is 0 Å². The number of quaternary nitrogens is 1. The first-order valence-corrected chi connectivity index (χ1v) is 3.06. The van der Waals surface area contributed by atoms with E-state index in [0.717, 1.165) is 6.42 Å². The fourth-order valence-corrected chi connectivity index (χ4v) is 0.274. The first-order chi connectivity index (χ1) is 3.81. The van der Waals surface area contributed by atoms with Gasteiger partial charge in [0.05, 0.1) is 0 Å². The summed E-state index contributed by atoms with van der Waals surface area (Å²) in [6.45, 7) is 5.85. The molecule has 0 radical (unpaired) electrons. The van der Waals surface area contributed by atoms with Crippen molar-refractivity contribution < 1.29 is 4.81 Å². The molecule has 6 N–H and O–H groups in total. The zero-order chi connectivity index (χ0) is 7.71. The second-order valence-electron chi connectivity index (χ2n) is 3.00. The largest absolute Gasteiger partial charge is 0.148 e. The van der Waals surface area contributed by atoms with E-state index >= 15 is 0 Å². The molecule has 0 aliphatic carbocycles. The predicted octanol–water partition coefficient (Wildman–Crippen LogP) is -0.387. The molecule has 0 rings (SSSR count). The van der Waals surface area contributed by atoms with Gasteiger partial charge >= 0.3 is 0 Å². The molecular weight excluding hydrogens is 116 g/mol. The van der Waals surface area contributed by atoms with E-state index in [1.54, 1.807) is 0 Å². The van der Waals surface area contributed by atoms with Crippen molar-refractivity contribution in [2.24, 2.45) is 17.5 Å². The molecule has 0 fully saturated rings. The van der Waals surface area contributed by atoms with Gasteiger partial charge in [0.1, 0.15) is 5.54 Å². The highest BCUT2D eigenvalue weighted by Crippen LogP contribution is 2.14. The zero-order valence-corrected chi connectivity index (χ0v) is 6.39. The van der Waals surface area contributed by atoms with Gasteiger partial charge in [0.15, 0.2) is 0 Å². The number of rotatable bonds is 2. The van der Waals surface area contributed by atoms with Crippen molar-refractivity contribution in [3.63, 3.8) is 0 Å². The molecule has 4 heteroatoms. The lowest BCUT2D eigenvalue weighted by Crippen LogP contribution is -2.75. The van der Waals surface area contributed by atoms with Gasteiger partial charge in [-0.05, 0) is 13.8 Å². The molecule has 0 heterocycles. The van der Waals surface area contributed by atoms with Crippen LogP contribution in [-0.4, -0.2) is 10.3 Å². The van der Waals surface area contributed by atoms with Gasteiger partial charge in [0.2, 0.25) is 0 Å². The Bertz CT molecular complexity index is 91.6. The summed E-state index contributed by atoms with van der Waals surface area (Å²) >= 11 is 0. The van der Waals surface area contributed by atoms with E-state index < -0.39 is 4.81 Å². The third kappa shape index (κ3) is 1.91.